The highest BCUT2D eigenvalue weighted by Crippen LogP contribution is 2.08. The molecule has 0 fully saturated rings. The summed E-state index contributed by atoms with van der Waals surface area (Å²) < 4.78 is 3.77. The van der Waals surface area contributed by atoms with Gasteiger partial charge in [-0.1, -0.05) is 5.21 Å². The van der Waals surface area contributed by atoms with Crippen LogP contribution in [0, 0.1) is 6.92 Å². The molecule has 0 bridgehead atoms. The molecule has 0 saturated carbocycles. The van der Waals surface area contributed by atoms with E-state index in [1.165, 1.54) is 0 Å². The Morgan fingerprint density at radius 1 is 1.47 bits per heavy atom. The molecule has 0 aromatic carbocycles. The van der Waals surface area contributed by atoms with Crippen LogP contribution in [0.2, 0.25) is 0 Å². The number of aromatic nitrogens is 5. The second-order valence-electron chi connectivity index (χ2n) is 4.22. The van der Waals surface area contributed by atoms with Gasteiger partial charge in [0.1, 0.15) is 0 Å². The Morgan fingerprint density at radius 2 is 2.24 bits per heavy atom. The molecule has 17 heavy (non-hydrogen) atoms. The van der Waals surface area contributed by atoms with E-state index < -0.39 is 0 Å². The summed E-state index contributed by atoms with van der Waals surface area (Å²) in [4.78, 5) is 0. The molecule has 0 aliphatic heterocycles. The average molecular weight is 234 g/mol. The molecule has 0 radical (unpaired) electrons. The van der Waals surface area contributed by atoms with Crippen LogP contribution in [0.15, 0.2) is 12.3 Å². The van der Waals surface area contributed by atoms with Crippen LogP contribution in [0.1, 0.15) is 37.0 Å². The first kappa shape index (κ1) is 11.8. The average Bonchev–Trinajstić information content (AvgIpc) is 2.86. The summed E-state index contributed by atoms with van der Waals surface area (Å²) in [6.45, 7) is 7.50. The van der Waals surface area contributed by atoms with Crippen LogP contribution in [0.5, 0.6) is 0 Å². The fraction of sp³-hybridized carbons (Fsp3) is 0.545. The third-order valence-corrected chi connectivity index (χ3v) is 2.63. The lowest BCUT2D eigenvalue weighted by molar-refractivity contribution is 0.565. The first-order valence-electron chi connectivity index (χ1n) is 5.79. The fourth-order valence-corrected chi connectivity index (χ4v) is 1.77. The van der Waals surface area contributed by atoms with Gasteiger partial charge in [0.25, 0.3) is 0 Å². The zero-order chi connectivity index (χ0) is 12.4. The van der Waals surface area contributed by atoms with Gasteiger partial charge in [0.05, 0.1) is 29.8 Å². The van der Waals surface area contributed by atoms with Gasteiger partial charge in [0.15, 0.2) is 0 Å². The summed E-state index contributed by atoms with van der Waals surface area (Å²) in [6, 6.07) is 1.98. The number of nitrogens with zero attached hydrogens (tertiary/aromatic N) is 5. The van der Waals surface area contributed by atoms with Crippen molar-refractivity contribution in [1.29, 1.82) is 0 Å². The summed E-state index contributed by atoms with van der Waals surface area (Å²) in [6.07, 6.45) is 1.88. The van der Waals surface area contributed by atoms with E-state index in [9.17, 15) is 0 Å². The maximum absolute atomic E-state index is 5.75. The normalized spacial score (nSPS) is 12.9. The minimum absolute atomic E-state index is 0.0819. The largest absolute Gasteiger partial charge is 0.323 e. The van der Waals surface area contributed by atoms with Crippen molar-refractivity contribution >= 4 is 0 Å². The topological polar surface area (TPSA) is 74.5 Å². The van der Waals surface area contributed by atoms with E-state index in [4.69, 9.17) is 5.73 Å². The monoisotopic (exact) mass is 234 g/mol. The molecule has 6 heteroatoms. The Labute approximate surface area is 100 Å². The van der Waals surface area contributed by atoms with Crippen molar-refractivity contribution in [2.24, 2.45) is 5.73 Å². The van der Waals surface area contributed by atoms with Crippen LogP contribution in [0.25, 0.3) is 0 Å². The highest BCUT2D eigenvalue weighted by atomic mass is 15.4. The lowest BCUT2D eigenvalue weighted by atomic mass is 10.3. The minimum atomic E-state index is -0.0819. The fourth-order valence-electron chi connectivity index (χ4n) is 1.77. The SMILES string of the molecule is CCn1nc(C)cc1Cn1cc(C(C)N)nn1. The minimum Gasteiger partial charge on any atom is -0.323 e. The van der Waals surface area contributed by atoms with Crippen molar-refractivity contribution in [3.63, 3.8) is 0 Å². The first-order chi connectivity index (χ1) is 8.10. The van der Waals surface area contributed by atoms with Gasteiger partial charge in [0.2, 0.25) is 0 Å². The molecular formula is C11H18N6. The molecule has 92 valence electrons. The molecule has 0 saturated heterocycles. The number of hydrogen-bond donors (Lipinski definition) is 1. The van der Waals surface area contributed by atoms with Crippen LogP contribution < -0.4 is 5.73 Å². The summed E-state index contributed by atoms with van der Waals surface area (Å²) in [5.41, 5.74) is 8.71. The van der Waals surface area contributed by atoms with E-state index in [-0.39, 0.29) is 6.04 Å². The zero-order valence-corrected chi connectivity index (χ0v) is 10.5. The zero-order valence-electron chi connectivity index (χ0n) is 10.5. The molecule has 0 aliphatic rings. The van der Waals surface area contributed by atoms with Gasteiger partial charge in [-0.25, -0.2) is 4.68 Å². The molecule has 0 spiro atoms. The van der Waals surface area contributed by atoms with Crippen LogP contribution in [0.3, 0.4) is 0 Å². The Bertz CT molecular complexity index is 496. The molecule has 2 aromatic rings. The molecule has 2 rings (SSSR count). The summed E-state index contributed by atoms with van der Waals surface area (Å²) >= 11 is 0. The van der Waals surface area contributed by atoms with Gasteiger partial charge < -0.3 is 5.73 Å². The lowest BCUT2D eigenvalue weighted by Crippen LogP contribution is -2.08. The van der Waals surface area contributed by atoms with Crippen LogP contribution in [-0.4, -0.2) is 24.8 Å². The van der Waals surface area contributed by atoms with Gasteiger partial charge in [-0.2, -0.15) is 5.10 Å². The Morgan fingerprint density at radius 3 is 2.82 bits per heavy atom. The van der Waals surface area contributed by atoms with Gasteiger partial charge >= 0.3 is 0 Å². The third-order valence-electron chi connectivity index (χ3n) is 2.63. The highest BCUT2D eigenvalue weighted by molar-refractivity contribution is 5.09. The summed E-state index contributed by atoms with van der Waals surface area (Å²) in [7, 11) is 0. The molecule has 0 amide bonds. The van der Waals surface area contributed by atoms with Crippen molar-refractivity contribution in [3.8, 4) is 0 Å². The molecule has 0 aliphatic carbocycles. The van der Waals surface area contributed by atoms with Gasteiger partial charge in [-0.15, -0.1) is 5.10 Å². The maximum Gasteiger partial charge on any atom is 0.0991 e. The number of rotatable bonds is 4. The van der Waals surface area contributed by atoms with Crippen molar-refractivity contribution in [3.05, 3.63) is 29.3 Å². The van der Waals surface area contributed by atoms with Crippen molar-refractivity contribution < 1.29 is 0 Å². The standard InChI is InChI=1S/C11H18N6/c1-4-17-10(5-8(2)14-17)6-16-7-11(9(3)12)13-15-16/h5,7,9H,4,6,12H2,1-3H3. The van der Waals surface area contributed by atoms with Gasteiger partial charge in [0, 0.05) is 12.6 Å². The first-order valence-corrected chi connectivity index (χ1v) is 5.79. The summed E-state index contributed by atoms with van der Waals surface area (Å²) in [5.74, 6) is 0. The third kappa shape index (κ3) is 2.52. The summed E-state index contributed by atoms with van der Waals surface area (Å²) in [5, 5.41) is 12.5. The highest BCUT2D eigenvalue weighted by Gasteiger charge is 2.08. The van der Waals surface area contributed by atoms with E-state index in [0.29, 0.717) is 6.54 Å². The van der Waals surface area contributed by atoms with Gasteiger partial charge in [-0.05, 0) is 26.8 Å². The molecule has 2 aromatic heterocycles. The van der Waals surface area contributed by atoms with Crippen LogP contribution >= 0.6 is 0 Å². The second-order valence-corrected chi connectivity index (χ2v) is 4.22. The quantitative estimate of drug-likeness (QED) is 0.851. The predicted molar refractivity (Wildman–Crippen MR) is 64.4 cm³/mol. The van der Waals surface area contributed by atoms with Crippen molar-refractivity contribution in [2.75, 3.05) is 0 Å². The van der Waals surface area contributed by atoms with Crippen molar-refractivity contribution in [1.82, 2.24) is 24.8 Å². The van der Waals surface area contributed by atoms with E-state index in [1.807, 2.05) is 24.7 Å². The molecule has 1 unspecified atom stereocenters. The predicted octanol–water partition coefficient (Wildman–Crippen LogP) is 0.871. The van der Waals surface area contributed by atoms with Crippen molar-refractivity contribution in [2.45, 2.75) is 39.9 Å². The maximum atomic E-state index is 5.75. The molecule has 1 atom stereocenters. The van der Waals surface area contributed by atoms with E-state index in [1.54, 1.807) is 4.68 Å². The molecule has 6 nitrogen and oxygen atoms in total. The lowest BCUT2D eigenvalue weighted by Gasteiger charge is -2.03. The molecule has 2 N–H and O–H groups in total. The number of hydrogen-bond acceptors (Lipinski definition) is 4. The Hall–Kier alpha value is -1.69. The van der Waals surface area contributed by atoms with Crippen LogP contribution in [-0.2, 0) is 13.1 Å². The Kier molecular flexibility index (Phi) is 3.23. The van der Waals surface area contributed by atoms with E-state index in [2.05, 4.69) is 28.4 Å². The molecule has 2 heterocycles. The number of nitrogens with two attached hydrogens (primary N) is 1. The number of aryl methyl sites for hydroxylation is 2. The Balaban J connectivity index is 2.19. The van der Waals surface area contributed by atoms with Gasteiger partial charge in [-0.3, -0.25) is 4.68 Å². The second kappa shape index (κ2) is 4.67. The molecular weight excluding hydrogens is 216 g/mol. The van der Waals surface area contributed by atoms with E-state index in [0.717, 1.165) is 23.6 Å². The smallest absolute Gasteiger partial charge is 0.0991 e. The van der Waals surface area contributed by atoms with Crippen LogP contribution in [0.4, 0.5) is 0 Å². The van der Waals surface area contributed by atoms with E-state index >= 15 is 0 Å².